The molecular formula is C27H34ClN3O2S. The molecule has 1 amide bonds. The molecular weight excluding hydrogens is 466 g/mol. The Morgan fingerprint density at radius 3 is 2.71 bits per heavy atom. The van der Waals surface area contributed by atoms with Gasteiger partial charge in [-0.15, -0.1) is 11.3 Å². The lowest BCUT2D eigenvalue weighted by atomic mass is 10.1. The van der Waals surface area contributed by atoms with E-state index in [-0.39, 0.29) is 5.91 Å². The van der Waals surface area contributed by atoms with Gasteiger partial charge in [-0.3, -0.25) is 14.6 Å². The number of nitrogens with zero attached hydrogens (tertiary/aromatic N) is 3. The minimum absolute atomic E-state index is 0.0672. The molecule has 0 radical (unpaired) electrons. The van der Waals surface area contributed by atoms with Crippen LogP contribution in [0.25, 0.3) is 5.57 Å². The van der Waals surface area contributed by atoms with Gasteiger partial charge in [0.05, 0.1) is 25.3 Å². The van der Waals surface area contributed by atoms with Crippen LogP contribution >= 0.6 is 22.9 Å². The van der Waals surface area contributed by atoms with Crippen LogP contribution in [0.15, 0.2) is 47.9 Å². The molecule has 1 aromatic heterocycles. The Labute approximate surface area is 212 Å². The first kappa shape index (κ1) is 25.1. The number of allylic oxidation sites excluding steroid dienone is 4. The fourth-order valence-corrected chi connectivity index (χ4v) is 5.22. The van der Waals surface area contributed by atoms with E-state index in [4.69, 9.17) is 21.3 Å². The van der Waals surface area contributed by atoms with Crippen molar-refractivity contribution in [1.82, 2.24) is 9.88 Å². The standard InChI is InChI=1S/C27H34ClN3O2S/c1-3-5-22(18-23-16-20(23)2)25-19-34-27(29-25)31(11-4-10-30-12-14-33-15-13-30)26(32)17-21-6-8-24(28)9-7-21/h3,5-9,18-20,23H,4,10-17H2,1-2H3/b5-3-,22-18+. The fraction of sp³-hybridized carbons (Fsp3) is 0.481. The summed E-state index contributed by atoms with van der Waals surface area (Å²) >= 11 is 7.58. The van der Waals surface area contributed by atoms with Crippen molar-refractivity contribution in [1.29, 1.82) is 0 Å². The lowest BCUT2D eigenvalue weighted by Crippen LogP contribution is -2.39. The number of rotatable bonds is 10. The van der Waals surface area contributed by atoms with E-state index in [0.717, 1.165) is 67.1 Å². The van der Waals surface area contributed by atoms with Crippen LogP contribution < -0.4 is 4.90 Å². The molecule has 1 saturated heterocycles. The molecule has 7 heteroatoms. The van der Waals surface area contributed by atoms with Crippen LogP contribution in [0.1, 0.15) is 37.9 Å². The summed E-state index contributed by atoms with van der Waals surface area (Å²) in [5.74, 6) is 1.45. The van der Waals surface area contributed by atoms with Crippen molar-refractivity contribution in [3.05, 3.63) is 64.2 Å². The van der Waals surface area contributed by atoms with Crippen LogP contribution in [0, 0.1) is 11.8 Å². The number of carbonyl (C=O) groups excluding carboxylic acids is 1. The third-order valence-electron chi connectivity index (χ3n) is 6.46. The average molecular weight is 500 g/mol. The van der Waals surface area contributed by atoms with Crippen molar-refractivity contribution in [2.45, 2.75) is 33.1 Å². The normalized spacial score (nSPS) is 21.2. The largest absolute Gasteiger partial charge is 0.379 e. The van der Waals surface area contributed by atoms with E-state index in [1.54, 1.807) is 11.3 Å². The summed E-state index contributed by atoms with van der Waals surface area (Å²) in [5, 5.41) is 3.53. The van der Waals surface area contributed by atoms with Gasteiger partial charge in [0.15, 0.2) is 5.13 Å². The molecule has 2 unspecified atom stereocenters. The van der Waals surface area contributed by atoms with Crippen molar-refractivity contribution in [2.24, 2.45) is 11.8 Å². The van der Waals surface area contributed by atoms with Crippen LogP contribution in [0.5, 0.6) is 0 Å². The minimum atomic E-state index is 0.0672. The predicted octanol–water partition coefficient (Wildman–Crippen LogP) is 5.71. The number of ether oxygens (including phenoxy) is 1. The fourth-order valence-electron chi connectivity index (χ4n) is 4.22. The van der Waals surface area contributed by atoms with E-state index in [0.29, 0.717) is 23.9 Å². The Hall–Kier alpha value is -1.99. The van der Waals surface area contributed by atoms with Crippen LogP contribution in [-0.2, 0) is 16.0 Å². The highest BCUT2D eigenvalue weighted by molar-refractivity contribution is 7.14. The Bertz CT molecular complexity index is 1010. The van der Waals surface area contributed by atoms with Crippen molar-refractivity contribution >= 4 is 39.5 Å². The third-order valence-corrected chi connectivity index (χ3v) is 7.58. The highest BCUT2D eigenvalue weighted by Gasteiger charge is 2.31. The van der Waals surface area contributed by atoms with Gasteiger partial charge in [-0.1, -0.05) is 48.9 Å². The Balaban J connectivity index is 1.49. The van der Waals surface area contributed by atoms with E-state index in [1.165, 1.54) is 6.42 Å². The summed E-state index contributed by atoms with van der Waals surface area (Å²) in [7, 11) is 0. The molecule has 0 bridgehead atoms. The van der Waals surface area contributed by atoms with Crippen LogP contribution in [0.2, 0.25) is 5.02 Å². The summed E-state index contributed by atoms with van der Waals surface area (Å²) in [6.07, 6.45) is 9.00. The monoisotopic (exact) mass is 499 g/mol. The lowest BCUT2D eigenvalue weighted by molar-refractivity contribution is -0.118. The SMILES string of the molecule is C/C=C\C(=C/C1CC1C)c1csc(N(CCCN2CCOCC2)C(=O)Cc2ccc(Cl)cc2)n1. The molecule has 2 aliphatic rings. The average Bonchev–Trinajstić information content (AvgIpc) is 3.32. The zero-order valence-electron chi connectivity index (χ0n) is 20.1. The summed E-state index contributed by atoms with van der Waals surface area (Å²) in [4.78, 5) is 22.6. The van der Waals surface area contributed by atoms with Crippen molar-refractivity contribution in [3.8, 4) is 0 Å². The van der Waals surface area contributed by atoms with E-state index < -0.39 is 0 Å². The van der Waals surface area contributed by atoms with Gasteiger partial charge in [0.25, 0.3) is 0 Å². The number of amides is 1. The maximum Gasteiger partial charge on any atom is 0.233 e. The second-order valence-electron chi connectivity index (χ2n) is 9.17. The predicted molar refractivity (Wildman–Crippen MR) is 142 cm³/mol. The van der Waals surface area contributed by atoms with Crippen LogP contribution in [0.3, 0.4) is 0 Å². The first-order valence-corrected chi connectivity index (χ1v) is 13.4. The smallest absolute Gasteiger partial charge is 0.233 e. The molecule has 4 rings (SSSR count). The van der Waals surface area contributed by atoms with Gasteiger partial charge in [0.2, 0.25) is 5.91 Å². The molecule has 2 atom stereocenters. The van der Waals surface area contributed by atoms with E-state index in [9.17, 15) is 4.79 Å². The van der Waals surface area contributed by atoms with Crippen molar-refractivity contribution in [2.75, 3.05) is 44.3 Å². The van der Waals surface area contributed by atoms with Gasteiger partial charge in [-0.25, -0.2) is 4.98 Å². The number of halogens is 1. The van der Waals surface area contributed by atoms with Crippen LogP contribution in [-0.4, -0.2) is 55.2 Å². The maximum atomic E-state index is 13.4. The summed E-state index contributed by atoms with van der Waals surface area (Å²) in [6.45, 7) is 9.41. The molecule has 1 aliphatic heterocycles. The van der Waals surface area contributed by atoms with E-state index in [1.807, 2.05) is 36.1 Å². The zero-order valence-corrected chi connectivity index (χ0v) is 21.7. The number of morpholine rings is 1. The summed E-state index contributed by atoms with van der Waals surface area (Å²) in [5.41, 5.74) is 3.06. The quantitative estimate of drug-likeness (QED) is 0.393. The van der Waals surface area contributed by atoms with Crippen molar-refractivity contribution in [3.63, 3.8) is 0 Å². The van der Waals surface area contributed by atoms with Gasteiger partial charge >= 0.3 is 0 Å². The molecule has 5 nitrogen and oxygen atoms in total. The Morgan fingerprint density at radius 2 is 2.03 bits per heavy atom. The number of anilines is 1. The van der Waals surface area contributed by atoms with Crippen LogP contribution in [0.4, 0.5) is 5.13 Å². The maximum absolute atomic E-state index is 13.4. The van der Waals surface area contributed by atoms with Gasteiger partial charge in [0, 0.05) is 36.6 Å². The number of hydrogen-bond donors (Lipinski definition) is 0. The topological polar surface area (TPSA) is 45.7 Å². The second-order valence-corrected chi connectivity index (χ2v) is 10.4. The molecule has 0 spiro atoms. The van der Waals surface area contributed by atoms with E-state index >= 15 is 0 Å². The molecule has 2 heterocycles. The molecule has 1 aliphatic carbocycles. The Morgan fingerprint density at radius 1 is 1.29 bits per heavy atom. The Kier molecular flexibility index (Phi) is 8.95. The van der Waals surface area contributed by atoms with Crippen molar-refractivity contribution < 1.29 is 9.53 Å². The molecule has 0 N–H and O–H groups in total. The number of carbonyl (C=O) groups is 1. The minimum Gasteiger partial charge on any atom is -0.379 e. The number of hydrogen-bond acceptors (Lipinski definition) is 5. The number of thiazole rings is 1. The third kappa shape index (κ3) is 7.01. The van der Waals surface area contributed by atoms with Gasteiger partial charge in [-0.2, -0.15) is 0 Å². The van der Waals surface area contributed by atoms with Gasteiger partial charge in [-0.05, 0) is 54.9 Å². The molecule has 182 valence electrons. The summed E-state index contributed by atoms with van der Waals surface area (Å²) in [6, 6.07) is 7.51. The molecule has 2 fully saturated rings. The highest BCUT2D eigenvalue weighted by atomic mass is 35.5. The molecule has 34 heavy (non-hydrogen) atoms. The van der Waals surface area contributed by atoms with Gasteiger partial charge in [0.1, 0.15) is 0 Å². The number of aromatic nitrogens is 1. The highest BCUT2D eigenvalue weighted by Crippen LogP contribution is 2.41. The first-order chi connectivity index (χ1) is 16.5. The van der Waals surface area contributed by atoms with E-state index in [2.05, 4.69) is 35.4 Å². The number of benzene rings is 1. The lowest BCUT2D eigenvalue weighted by Gasteiger charge is -2.27. The first-order valence-electron chi connectivity index (χ1n) is 12.2. The molecule has 1 saturated carbocycles. The zero-order chi connectivity index (χ0) is 23.9. The summed E-state index contributed by atoms with van der Waals surface area (Å²) < 4.78 is 5.46. The van der Waals surface area contributed by atoms with Gasteiger partial charge < -0.3 is 4.74 Å². The second kappa shape index (κ2) is 12.1. The molecule has 2 aromatic rings. The molecule has 1 aromatic carbocycles.